The number of aliphatic carboxylic acids is 1. The number of carboxylic acid groups (broad SMARTS) is 1. The standard InChI is InChI=1S/C13H24N2O2/c1-14(8-7-13(16)17)12-6-9-15(10-12)11-4-2-3-5-11/h11-12H,2-10H2,1H3,(H,16,17). The van der Waals surface area contributed by atoms with Gasteiger partial charge in [-0.05, 0) is 26.3 Å². The molecule has 0 spiro atoms. The van der Waals surface area contributed by atoms with Crippen LogP contribution < -0.4 is 0 Å². The molecule has 0 amide bonds. The molecule has 1 aliphatic heterocycles. The van der Waals surface area contributed by atoms with Gasteiger partial charge < -0.3 is 10.0 Å². The van der Waals surface area contributed by atoms with Gasteiger partial charge in [0.05, 0.1) is 6.42 Å². The molecule has 0 bridgehead atoms. The van der Waals surface area contributed by atoms with E-state index in [4.69, 9.17) is 5.11 Å². The van der Waals surface area contributed by atoms with Gasteiger partial charge in [-0.1, -0.05) is 12.8 Å². The van der Waals surface area contributed by atoms with E-state index in [2.05, 4.69) is 16.8 Å². The number of carbonyl (C=O) groups is 1. The molecule has 0 aromatic carbocycles. The molecule has 2 fully saturated rings. The van der Waals surface area contributed by atoms with Crippen molar-refractivity contribution in [1.82, 2.24) is 9.80 Å². The average molecular weight is 240 g/mol. The quantitative estimate of drug-likeness (QED) is 0.789. The molecule has 1 atom stereocenters. The molecule has 2 rings (SSSR count). The van der Waals surface area contributed by atoms with E-state index in [9.17, 15) is 4.79 Å². The van der Waals surface area contributed by atoms with Crippen LogP contribution in [-0.4, -0.2) is 59.6 Å². The van der Waals surface area contributed by atoms with Gasteiger partial charge >= 0.3 is 5.97 Å². The molecular weight excluding hydrogens is 216 g/mol. The molecule has 4 nitrogen and oxygen atoms in total. The van der Waals surface area contributed by atoms with Crippen molar-refractivity contribution in [2.24, 2.45) is 0 Å². The summed E-state index contributed by atoms with van der Waals surface area (Å²) < 4.78 is 0. The Balaban J connectivity index is 1.74. The number of hydrogen-bond acceptors (Lipinski definition) is 3. The van der Waals surface area contributed by atoms with Crippen LogP contribution in [0.1, 0.15) is 38.5 Å². The topological polar surface area (TPSA) is 43.8 Å². The Hall–Kier alpha value is -0.610. The van der Waals surface area contributed by atoms with Crippen molar-refractivity contribution in [1.29, 1.82) is 0 Å². The van der Waals surface area contributed by atoms with Crippen LogP contribution in [0.5, 0.6) is 0 Å². The van der Waals surface area contributed by atoms with E-state index in [-0.39, 0.29) is 6.42 Å². The first-order valence-electron chi connectivity index (χ1n) is 6.83. The Morgan fingerprint density at radius 2 is 2.06 bits per heavy atom. The summed E-state index contributed by atoms with van der Waals surface area (Å²) in [6.07, 6.45) is 6.97. The molecule has 1 saturated heterocycles. The number of rotatable bonds is 5. The summed E-state index contributed by atoms with van der Waals surface area (Å²) in [5.74, 6) is -0.692. The summed E-state index contributed by atoms with van der Waals surface area (Å²) in [6.45, 7) is 3.02. The molecule has 1 unspecified atom stereocenters. The molecule has 1 heterocycles. The molecule has 1 saturated carbocycles. The van der Waals surface area contributed by atoms with E-state index < -0.39 is 5.97 Å². The van der Waals surface area contributed by atoms with Gasteiger partial charge in [-0.15, -0.1) is 0 Å². The molecule has 1 aliphatic carbocycles. The molecule has 0 radical (unpaired) electrons. The van der Waals surface area contributed by atoms with Crippen LogP contribution in [0.25, 0.3) is 0 Å². The Kier molecular flexibility index (Phi) is 4.40. The lowest BCUT2D eigenvalue weighted by Gasteiger charge is -2.26. The van der Waals surface area contributed by atoms with Crippen molar-refractivity contribution in [2.75, 3.05) is 26.7 Å². The normalized spacial score (nSPS) is 27.1. The fourth-order valence-corrected chi connectivity index (χ4v) is 3.18. The number of carboxylic acids is 1. The lowest BCUT2D eigenvalue weighted by molar-refractivity contribution is -0.137. The second-order valence-electron chi connectivity index (χ2n) is 5.50. The maximum absolute atomic E-state index is 10.6. The van der Waals surface area contributed by atoms with Gasteiger partial charge in [-0.25, -0.2) is 0 Å². The predicted octanol–water partition coefficient (Wildman–Crippen LogP) is 1.41. The zero-order valence-electron chi connectivity index (χ0n) is 10.8. The van der Waals surface area contributed by atoms with Crippen molar-refractivity contribution in [3.8, 4) is 0 Å². The summed E-state index contributed by atoms with van der Waals surface area (Å²) in [4.78, 5) is 15.4. The first kappa shape index (κ1) is 12.8. The number of likely N-dealkylation sites (tertiary alicyclic amines) is 1. The summed E-state index contributed by atoms with van der Waals surface area (Å²) in [5.41, 5.74) is 0. The summed E-state index contributed by atoms with van der Waals surface area (Å²) >= 11 is 0. The third-order valence-electron chi connectivity index (χ3n) is 4.34. The van der Waals surface area contributed by atoms with Gasteiger partial charge in [0.2, 0.25) is 0 Å². The summed E-state index contributed by atoms with van der Waals surface area (Å²) in [5, 5.41) is 8.69. The lowest BCUT2D eigenvalue weighted by atomic mass is 10.2. The van der Waals surface area contributed by atoms with Gasteiger partial charge in [0.15, 0.2) is 0 Å². The Bertz CT molecular complexity index is 264. The third kappa shape index (κ3) is 3.42. The van der Waals surface area contributed by atoms with Crippen LogP contribution in [0.2, 0.25) is 0 Å². The van der Waals surface area contributed by atoms with Crippen molar-refractivity contribution < 1.29 is 9.90 Å². The highest BCUT2D eigenvalue weighted by molar-refractivity contribution is 5.66. The zero-order valence-corrected chi connectivity index (χ0v) is 10.8. The maximum atomic E-state index is 10.6. The highest BCUT2D eigenvalue weighted by Gasteiger charge is 2.31. The smallest absolute Gasteiger partial charge is 0.304 e. The molecule has 17 heavy (non-hydrogen) atoms. The van der Waals surface area contributed by atoms with Crippen molar-refractivity contribution in [3.05, 3.63) is 0 Å². The molecule has 98 valence electrons. The van der Waals surface area contributed by atoms with Crippen molar-refractivity contribution in [3.63, 3.8) is 0 Å². The van der Waals surface area contributed by atoms with Crippen LogP contribution in [0, 0.1) is 0 Å². The van der Waals surface area contributed by atoms with Crippen LogP contribution in [0.3, 0.4) is 0 Å². The van der Waals surface area contributed by atoms with Crippen LogP contribution >= 0.6 is 0 Å². The van der Waals surface area contributed by atoms with Crippen LogP contribution in [0.4, 0.5) is 0 Å². The molecule has 0 aromatic rings. The Labute approximate surface area is 104 Å². The van der Waals surface area contributed by atoms with Crippen LogP contribution in [-0.2, 0) is 4.79 Å². The van der Waals surface area contributed by atoms with E-state index in [1.165, 1.54) is 38.6 Å². The molecular formula is C13H24N2O2. The summed E-state index contributed by atoms with van der Waals surface area (Å²) in [7, 11) is 2.06. The molecule has 2 aliphatic rings. The summed E-state index contributed by atoms with van der Waals surface area (Å²) in [6, 6.07) is 1.38. The molecule has 0 aromatic heterocycles. The van der Waals surface area contributed by atoms with E-state index in [1.54, 1.807) is 0 Å². The lowest BCUT2D eigenvalue weighted by Crippen LogP contribution is -2.38. The van der Waals surface area contributed by atoms with Crippen LogP contribution in [0.15, 0.2) is 0 Å². The minimum absolute atomic E-state index is 0.260. The van der Waals surface area contributed by atoms with Gasteiger partial charge in [0.25, 0.3) is 0 Å². The highest BCUT2D eigenvalue weighted by atomic mass is 16.4. The first-order chi connectivity index (χ1) is 8.16. The Morgan fingerprint density at radius 1 is 1.35 bits per heavy atom. The fraction of sp³-hybridized carbons (Fsp3) is 0.923. The number of hydrogen-bond donors (Lipinski definition) is 1. The van der Waals surface area contributed by atoms with Crippen molar-refractivity contribution >= 4 is 5.97 Å². The van der Waals surface area contributed by atoms with Gasteiger partial charge in [-0.2, -0.15) is 0 Å². The van der Waals surface area contributed by atoms with Gasteiger partial charge in [-0.3, -0.25) is 9.69 Å². The highest BCUT2D eigenvalue weighted by Crippen LogP contribution is 2.27. The number of nitrogens with zero attached hydrogens (tertiary/aromatic N) is 2. The van der Waals surface area contributed by atoms with E-state index >= 15 is 0 Å². The molecule has 1 N–H and O–H groups in total. The third-order valence-corrected chi connectivity index (χ3v) is 4.34. The second-order valence-corrected chi connectivity index (χ2v) is 5.50. The SMILES string of the molecule is CN(CCC(=O)O)C1CCN(C2CCCC2)C1. The maximum Gasteiger partial charge on any atom is 0.304 e. The van der Waals surface area contributed by atoms with E-state index in [1.807, 2.05) is 0 Å². The second kappa shape index (κ2) is 5.83. The minimum Gasteiger partial charge on any atom is -0.481 e. The number of likely N-dealkylation sites (N-methyl/N-ethyl adjacent to an activating group) is 1. The zero-order chi connectivity index (χ0) is 12.3. The first-order valence-corrected chi connectivity index (χ1v) is 6.83. The predicted molar refractivity (Wildman–Crippen MR) is 67.1 cm³/mol. The van der Waals surface area contributed by atoms with Gasteiger partial charge in [0, 0.05) is 31.7 Å². The largest absolute Gasteiger partial charge is 0.481 e. The van der Waals surface area contributed by atoms with E-state index in [0.717, 1.165) is 12.6 Å². The van der Waals surface area contributed by atoms with Gasteiger partial charge in [0.1, 0.15) is 0 Å². The average Bonchev–Trinajstić information content (AvgIpc) is 2.94. The Morgan fingerprint density at radius 3 is 2.71 bits per heavy atom. The monoisotopic (exact) mass is 240 g/mol. The van der Waals surface area contributed by atoms with E-state index in [0.29, 0.717) is 12.6 Å². The fourth-order valence-electron chi connectivity index (χ4n) is 3.18. The van der Waals surface area contributed by atoms with Crippen molar-refractivity contribution in [2.45, 2.75) is 50.6 Å². The minimum atomic E-state index is -0.692. The molecule has 4 heteroatoms.